The Morgan fingerprint density at radius 1 is 1.33 bits per heavy atom. The van der Waals surface area contributed by atoms with Crippen LogP contribution in [0.3, 0.4) is 0 Å². The van der Waals surface area contributed by atoms with Crippen molar-refractivity contribution in [2.24, 2.45) is 0 Å². The third-order valence-corrected chi connectivity index (χ3v) is 7.52. The third kappa shape index (κ3) is 4.09. The Kier molecular flexibility index (Phi) is 6.39. The number of benzene rings is 1. The first-order chi connectivity index (χ1) is 14.6. The fourth-order valence-corrected chi connectivity index (χ4v) is 6.00. The van der Waals surface area contributed by atoms with Crippen LogP contribution in [0.5, 0.6) is 0 Å². The van der Waals surface area contributed by atoms with Gasteiger partial charge in [-0.2, -0.15) is 0 Å². The van der Waals surface area contributed by atoms with Crippen LogP contribution in [0.4, 0.5) is 5.69 Å². The number of amides is 1. The second kappa shape index (κ2) is 9.18. The Morgan fingerprint density at radius 3 is 2.93 bits per heavy atom. The molecule has 1 amide bonds. The predicted octanol–water partition coefficient (Wildman–Crippen LogP) is 4.82. The predicted molar refractivity (Wildman–Crippen MR) is 126 cm³/mol. The van der Waals surface area contributed by atoms with Crippen LogP contribution in [-0.4, -0.2) is 21.2 Å². The summed E-state index contributed by atoms with van der Waals surface area (Å²) in [5, 5.41) is 4.32. The first-order valence-electron chi connectivity index (χ1n) is 10.3. The zero-order valence-corrected chi connectivity index (χ0v) is 18.7. The molecular formula is C23H25N3O2S2. The molecule has 7 heteroatoms. The molecule has 1 aliphatic carbocycles. The topological polar surface area (TPSA) is 64.0 Å². The molecule has 0 aliphatic heterocycles. The largest absolute Gasteiger partial charge is 0.325 e. The highest BCUT2D eigenvalue weighted by Crippen LogP contribution is 2.34. The van der Waals surface area contributed by atoms with Gasteiger partial charge in [0.2, 0.25) is 5.91 Å². The number of rotatable bonds is 7. The molecule has 0 saturated heterocycles. The lowest BCUT2D eigenvalue weighted by molar-refractivity contribution is -0.113. The molecular weight excluding hydrogens is 414 g/mol. The standard InChI is InChI=1S/C23H25N3O2S2/c1-3-13-26-22(28)20-16-10-6-8-12-18(16)30-21(20)25-23(26)29-14-19(27)24-17-11-7-5-9-15(17)4-2/h3,5,7,9,11H,1,4,6,8,10,12-14H2,2H3,(H,24,27). The van der Waals surface area contributed by atoms with Crippen molar-refractivity contribution in [1.82, 2.24) is 9.55 Å². The van der Waals surface area contributed by atoms with Crippen molar-refractivity contribution in [3.63, 3.8) is 0 Å². The number of thiophene rings is 1. The summed E-state index contributed by atoms with van der Waals surface area (Å²) in [6, 6.07) is 7.81. The average molecular weight is 440 g/mol. The van der Waals surface area contributed by atoms with Gasteiger partial charge in [-0.1, -0.05) is 43.0 Å². The number of nitrogens with zero attached hydrogens (tertiary/aromatic N) is 2. The van der Waals surface area contributed by atoms with E-state index in [1.165, 1.54) is 28.6 Å². The van der Waals surface area contributed by atoms with Gasteiger partial charge in [0.25, 0.3) is 5.56 Å². The molecule has 0 unspecified atom stereocenters. The van der Waals surface area contributed by atoms with Gasteiger partial charge in [-0.15, -0.1) is 17.9 Å². The summed E-state index contributed by atoms with van der Waals surface area (Å²) in [7, 11) is 0. The van der Waals surface area contributed by atoms with Gasteiger partial charge >= 0.3 is 0 Å². The Balaban J connectivity index is 1.60. The van der Waals surface area contributed by atoms with Crippen molar-refractivity contribution in [1.29, 1.82) is 0 Å². The maximum Gasteiger partial charge on any atom is 0.263 e. The fourth-order valence-electron chi connectivity index (χ4n) is 3.89. The van der Waals surface area contributed by atoms with Crippen LogP contribution in [0.2, 0.25) is 0 Å². The Hall–Kier alpha value is -2.38. The number of aryl methyl sites for hydroxylation is 3. The van der Waals surface area contributed by atoms with E-state index in [4.69, 9.17) is 4.98 Å². The van der Waals surface area contributed by atoms with E-state index in [0.29, 0.717) is 11.7 Å². The molecule has 3 aromatic rings. The van der Waals surface area contributed by atoms with E-state index in [1.807, 2.05) is 24.3 Å². The second-order valence-corrected chi connectivity index (χ2v) is 9.36. The van der Waals surface area contributed by atoms with Crippen LogP contribution in [-0.2, 0) is 30.6 Å². The van der Waals surface area contributed by atoms with E-state index in [2.05, 4.69) is 18.8 Å². The van der Waals surface area contributed by atoms with E-state index in [0.717, 1.165) is 47.2 Å². The fraction of sp³-hybridized carbons (Fsp3) is 0.348. The SMILES string of the molecule is C=CCn1c(SCC(=O)Nc2ccccc2CC)nc2sc3c(c2c1=O)CCCC3. The van der Waals surface area contributed by atoms with Gasteiger partial charge in [-0.25, -0.2) is 4.98 Å². The lowest BCUT2D eigenvalue weighted by Gasteiger charge is -2.13. The second-order valence-electron chi connectivity index (χ2n) is 7.34. The Labute approximate surface area is 184 Å². The number of fused-ring (bicyclic) bond motifs is 3. The first kappa shape index (κ1) is 20.9. The summed E-state index contributed by atoms with van der Waals surface area (Å²) in [6.07, 6.45) is 6.82. The maximum atomic E-state index is 13.3. The molecule has 156 valence electrons. The smallest absolute Gasteiger partial charge is 0.263 e. The monoisotopic (exact) mass is 439 g/mol. The van der Waals surface area contributed by atoms with Crippen LogP contribution < -0.4 is 10.9 Å². The summed E-state index contributed by atoms with van der Waals surface area (Å²) >= 11 is 2.93. The molecule has 30 heavy (non-hydrogen) atoms. The highest BCUT2D eigenvalue weighted by Gasteiger charge is 2.22. The minimum atomic E-state index is -0.106. The van der Waals surface area contributed by atoms with E-state index >= 15 is 0 Å². The van der Waals surface area contributed by atoms with E-state index in [1.54, 1.807) is 22.0 Å². The summed E-state index contributed by atoms with van der Waals surface area (Å²) < 4.78 is 1.65. The number of allylic oxidation sites excluding steroid dienone is 1. The third-order valence-electron chi connectivity index (χ3n) is 5.36. The van der Waals surface area contributed by atoms with Crippen molar-refractivity contribution in [2.45, 2.75) is 50.7 Å². The van der Waals surface area contributed by atoms with Crippen LogP contribution in [0.25, 0.3) is 10.2 Å². The molecule has 0 bridgehead atoms. The number of hydrogen-bond donors (Lipinski definition) is 1. The summed E-state index contributed by atoms with van der Waals surface area (Å²) in [5.74, 6) is 0.0870. The number of anilines is 1. The maximum absolute atomic E-state index is 13.3. The molecule has 0 radical (unpaired) electrons. The van der Waals surface area contributed by atoms with Crippen molar-refractivity contribution < 1.29 is 4.79 Å². The number of carbonyl (C=O) groups excluding carboxylic acids is 1. The van der Waals surface area contributed by atoms with E-state index in [9.17, 15) is 9.59 Å². The molecule has 4 rings (SSSR count). The van der Waals surface area contributed by atoms with Gasteiger partial charge in [-0.05, 0) is 49.3 Å². The molecule has 0 atom stereocenters. The van der Waals surface area contributed by atoms with Crippen LogP contribution >= 0.6 is 23.1 Å². The van der Waals surface area contributed by atoms with Gasteiger partial charge in [0.15, 0.2) is 5.16 Å². The molecule has 0 spiro atoms. The van der Waals surface area contributed by atoms with Crippen LogP contribution in [0.15, 0.2) is 46.9 Å². The molecule has 1 N–H and O–H groups in total. The molecule has 5 nitrogen and oxygen atoms in total. The Bertz CT molecular complexity index is 1160. The molecule has 2 aromatic heterocycles. The molecule has 2 heterocycles. The number of aromatic nitrogens is 2. The van der Waals surface area contributed by atoms with Crippen molar-refractivity contribution in [3.05, 3.63) is 63.3 Å². The highest BCUT2D eigenvalue weighted by atomic mass is 32.2. The average Bonchev–Trinajstić information content (AvgIpc) is 3.13. The lowest BCUT2D eigenvalue weighted by Crippen LogP contribution is -2.24. The summed E-state index contributed by atoms with van der Waals surface area (Å²) in [6.45, 7) is 6.24. The normalized spacial score (nSPS) is 13.2. The van der Waals surface area contributed by atoms with Crippen molar-refractivity contribution >= 4 is 44.9 Å². The van der Waals surface area contributed by atoms with Crippen molar-refractivity contribution in [2.75, 3.05) is 11.1 Å². The van der Waals surface area contributed by atoms with Gasteiger partial charge < -0.3 is 5.32 Å². The van der Waals surface area contributed by atoms with Crippen molar-refractivity contribution in [3.8, 4) is 0 Å². The molecule has 1 aromatic carbocycles. The summed E-state index contributed by atoms with van der Waals surface area (Å²) in [5.41, 5.74) is 3.10. The van der Waals surface area contributed by atoms with Crippen LogP contribution in [0, 0.1) is 0 Å². The van der Waals surface area contributed by atoms with E-state index in [-0.39, 0.29) is 17.2 Å². The van der Waals surface area contributed by atoms with Gasteiger partial charge in [0.1, 0.15) is 4.83 Å². The Morgan fingerprint density at radius 2 is 2.13 bits per heavy atom. The zero-order chi connectivity index (χ0) is 21.1. The highest BCUT2D eigenvalue weighted by molar-refractivity contribution is 7.99. The number of nitrogens with one attached hydrogen (secondary N) is 1. The minimum Gasteiger partial charge on any atom is -0.325 e. The molecule has 0 saturated carbocycles. The zero-order valence-electron chi connectivity index (χ0n) is 17.1. The number of hydrogen-bond acceptors (Lipinski definition) is 5. The summed E-state index contributed by atoms with van der Waals surface area (Å²) in [4.78, 5) is 32.7. The molecule has 0 fully saturated rings. The number of carbonyl (C=O) groups is 1. The van der Waals surface area contributed by atoms with E-state index < -0.39 is 0 Å². The minimum absolute atomic E-state index is 0.0152. The quantitative estimate of drug-likeness (QED) is 0.326. The molecule has 1 aliphatic rings. The lowest BCUT2D eigenvalue weighted by atomic mass is 9.97. The first-order valence-corrected chi connectivity index (χ1v) is 12.1. The number of thioether (sulfide) groups is 1. The number of para-hydroxylation sites is 1. The van der Waals surface area contributed by atoms with Crippen LogP contribution in [0.1, 0.15) is 35.8 Å². The van der Waals surface area contributed by atoms with Gasteiger partial charge in [-0.3, -0.25) is 14.2 Å². The van der Waals surface area contributed by atoms with Gasteiger partial charge in [0, 0.05) is 17.1 Å². The van der Waals surface area contributed by atoms with Gasteiger partial charge in [0.05, 0.1) is 11.1 Å².